The molecule has 1 fully saturated rings. The fourth-order valence-corrected chi connectivity index (χ4v) is 4.02. The quantitative estimate of drug-likeness (QED) is 0.441. The number of alkyl halides is 3. The van der Waals surface area contributed by atoms with Crippen LogP contribution in [0.15, 0.2) is 30.5 Å². The van der Waals surface area contributed by atoms with Gasteiger partial charge in [0, 0.05) is 38.5 Å². The molecule has 0 saturated carbocycles. The van der Waals surface area contributed by atoms with Crippen LogP contribution in [0.1, 0.15) is 35.3 Å². The minimum Gasteiger partial charge on any atom is -0.404 e. The number of carbonyl (C=O) groups is 1. The van der Waals surface area contributed by atoms with Gasteiger partial charge < -0.3 is 9.64 Å². The van der Waals surface area contributed by atoms with Crippen molar-refractivity contribution in [1.82, 2.24) is 14.6 Å². The van der Waals surface area contributed by atoms with Gasteiger partial charge in [0.2, 0.25) is 0 Å². The van der Waals surface area contributed by atoms with Crippen LogP contribution in [0.5, 0.6) is 5.75 Å². The molecule has 0 bridgehead atoms. The minimum atomic E-state index is -4.75. The molecule has 0 atom stereocenters. The van der Waals surface area contributed by atoms with Gasteiger partial charge in [0.15, 0.2) is 0 Å². The molecule has 0 unspecified atom stereocenters. The number of aryl methyl sites for hydroxylation is 1. The topological polar surface area (TPSA) is 57.7 Å². The van der Waals surface area contributed by atoms with Crippen molar-refractivity contribution in [3.63, 3.8) is 0 Å². The van der Waals surface area contributed by atoms with Gasteiger partial charge in [0.25, 0.3) is 5.91 Å². The van der Waals surface area contributed by atoms with E-state index in [4.69, 9.17) is 0 Å². The van der Waals surface area contributed by atoms with Crippen molar-refractivity contribution in [2.45, 2.75) is 33.2 Å². The minimum absolute atomic E-state index is 0.0467. The maximum atomic E-state index is 14.6. The van der Waals surface area contributed by atoms with E-state index in [1.807, 2.05) is 18.7 Å². The van der Waals surface area contributed by atoms with Crippen LogP contribution in [0.4, 0.5) is 23.4 Å². The summed E-state index contributed by atoms with van der Waals surface area (Å²) in [6, 6.07) is 5.82. The van der Waals surface area contributed by atoms with Gasteiger partial charge in [-0.15, -0.1) is 13.2 Å². The monoisotopic (exact) mass is 486 g/mol. The average Bonchev–Trinajstić information content (AvgIpc) is 2.77. The predicted molar refractivity (Wildman–Crippen MR) is 120 cm³/mol. The fraction of sp³-hybridized carbons (Fsp3) is 0.455. The highest BCUT2D eigenvalue weighted by Crippen LogP contribution is 2.25. The van der Waals surface area contributed by atoms with Gasteiger partial charge in [-0.3, -0.25) is 14.4 Å². The number of ether oxygens (including phenoxy) is 1. The van der Waals surface area contributed by atoms with Crippen molar-refractivity contribution in [3.05, 3.63) is 53.0 Å². The largest absolute Gasteiger partial charge is 0.573 e. The third kappa shape index (κ3) is 6.97. The molecule has 6 nitrogen and oxygen atoms in total. The molecular formula is C22H26F4N4O2S. The van der Waals surface area contributed by atoms with Crippen LogP contribution in [0.2, 0.25) is 0 Å². The summed E-state index contributed by atoms with van der Waals surface area (Å²) < 4.78 is 58.0. The van der Waals surface area contributed by atoms with Crippen LogP contribution in [0, 0.1) is 5.82 Å². The number of halogens is 4. The van der Waals surface area contributed by atoms with Crippen LogP contribution in [-0.4, -0.2) is 54.1 Å². The van der Waals surface area contributed by atoms with Gasteiger partial charge in [-0.05, 0) is 41.8 Å². The number of pyridine rings is 1. The smallest absolute Gasteiger partial charge is 0.404 e. The molecule has 1 aromatic carbocycles. The van der Waals surface area contributed by atoms with Gasteiger partial charge in [-0.25, -0.2) is 9.37 Å². The van der Waals surface area contributed by atoms with E-state index in [1.165, 1.54) is 30.1 Å². The van der Waals surface area contributed by atoms with Gasteiger partial charge in [0.1, 0.15) is 17.4 Å². The molecule has 180 valence electrons. The Balaban J connectivity index is 1.60. The van der Waals surface area contributed by atoms with Crippen LogP contribution in [0.25, 0.3) is 0 Å². The van der Waals surface area contributed by atoms with Gasteiger partial charge in [-0.2, -0.15) is 0 Å². The van der Waals surface area contributed by atoms with Gasteiger partial charge in [0.05, 0.1) is 11.8 Å². The molecule has 2 aromatic rings. The Bertz CT molecular complexity index is 949. The summed E-state index contributed by atoms with van der Waals surface area (Å²) in [4.78, 5) is 20.4. The van der Waals surface area contributed by atoms with E-state index in [1.54, 1.807) is 6.07 Å². The van der Waals surface area contributed by atoms with E-state index < -0.39 is 18.1 Å². The van der Waals surface area contributed by atoms with Gasteiger partial charge >= 0.3 is 6.36 Å². The van der Waals surface area contributed by atoms with Gasteiger partial charge in [-0.1, -0.05) is 25.8 Å². The number of rotatable bonds is 8. The first kappa shape index (κ1) is 25.1. The number of nitrogens with zero attached hydrogens (tertiary/aromatic N) is 3. The summed E-state index contributed by atoms with van der Waals surface area (Å²) >= 11 is 1.23. The summed E-state index contributed by atoms with van der Waals surface area (Å²) in [5.74, 6) is -0.0676. The Hall–Kier alpha value is -2.53. The van der Waals surface area contributed by atoms with Crippen molar-refractivity contribution < 1.29 is 27.1 Å². The number of carbonyl (C=O) groups excluding carboxylic acids is 1. The predicted octanol–water partition coefficient (Wildman–Crippen LogP) is 4.40. The number of piperazine rings is 1. The molecule has 11 heteroatoms. The van der Waals surface area contributed by atoms with Crippen LogP contribution in [-0.2, 0) is 13.0 Å². The third-order valence-corrected chi connectivity index (χ3v) is 5.89. The van der Waals surface area contributed by atoms with Crippen molar-refractivity contribution in [1.29, 1.82) is 0 Å². The number of nitrogens with one attached hydrogen (secondary N) is 1. The number of aromatic nitrogens is 1. The molecular weight excluding hydrogens is 460 g/mol. The van der Waals surface area contributed by atoms with Crippen molar-refractivity contribution in [2.75, 3.05) is 36.8 Å². The Labute approximate surface area is 194 Å². The van der Waals surface area contributed by atoms with E-state index >= 15 is 0 Å². The van der Waals surface area contributed by atoms with Crippen molar-refractivity contribution in [3.8, 4) is 5.75 Å². The Kier molecular flexibility index (Phi) is 8.41. The SMILES string of the molecule is CCSNC(=O)c1cc(CC)c(CN2CCN(c3ccc(OC(F)(F)F)cn3)CC2)cc1F. The summed E-state index contributed by atoms with van der Waals surface area (Å²) in [6.07, 6.45) is -3.02. The first-order chi connectivity index (χ1) is 15.7. The lowest BCUT2D eigenvalue weighted by atomic mass is 10.00. The Morgan fingerprint density at radius 1 is 1.15 bits per heavy atom. The highest BCUT2D eigenvalue weighted by molar-refractivity contribution is 7.97. The molecule has 1 aliphatic rings. The standard InChI is InChI=1S/C22H26F4N4O2S/c1-3-15-11-18(21(31)28-33-4-2)19(23)12-16(15)14-29-7-9-30(10-8-29)20-6-5-17(13-27-20)32-22(24,25)26/h5-6,11-13H,3-4,7-10,14H2,1-2H3,(H,28,31). The molecule has 1 aromatic heterocycles. The lowest BCUT2D eigenvalue weighted by Gasteiger charge is -2.35. The third-order valence-electron chi connectivity index (χ3n) is 5.27. The zero-order valence-corrected chi connectivity index (χ0v) is 19.2. The lowest BCUT2D eigenvalue weighted by Crippen LogP contribution is -2.46. The average molecular weight is 487 g/mol. The molecule has 3 rings (SSSR count). The molecule has 0 aliphatic carbocycles. The summed E-state index contributed by atoms with van der Waals surface area (Å²) in [5, 5.41) is 0. The second-order valence-corrected chi connectivity index (χ2v) is 8.55. The van der Waals surface area contributed by atoms with E-state index in [0.29, 0.717) is 50.7 Å². The molecule has 0 radical (unpaired) electrons. The Morgan fingerprint density at radius 2 is 1.88 bits per heavy atom. The number of amides is 1. The maximum absolute atomic E-state index is 14.6. The van der Waals surface area contributed by atoms with E-state index in [-0.39, 0.29) is 11.3 Å². The van der Waals surface area contributed by atoms with Crippen molar-refractivity contribution >= 4 is 23.7 Å². The van der Waals surface area contributed by atoms with Crippen LogP contribution < -0.4 is 14.4 Å². The maximum Gasteiger partial charge on any atom is 0.573 e. The first-order valence-electron chi connectivity index (χ1n) is 10.6. The number of benzene rings is 1. The Morgan fingerprint density at radius 3 is 2.45 bits per heavy atom. The second-order valence-electron chi connectivity index (χ2n) is 7.48. The number of hydrogen-bond acceptors (Lipinski definition) is 6. The van der Waals surface area contributed by atoms with Crippen LogP contribution >= 0.6 is 11.9 Å². The summed E-state index contributed by atoms with van der Waals surface area (Å²) in [6.45, 7) is 7.04. The molecule has 2 heterocycles. The molecule has 0 spiro atoms. The van der Waals surface area contributed by atoms with E-state index in [0.717, 1.165) is 17.3 Å². The van der Waals surface area contributed by atoms with Crippen molar-refractivity contribution in [2.24, 2.45) is 0 Å². The molecule has 1 aliphatic heterocycles. The normalized spacial score (nSPS) is 14.9. The molecule has 1 N–H and O–H groups in total. The zero-order chi connectivity index (χ0) is 24.0. The second kappa shape index (κ2) is 11.1. The molecule has 1 amide bonds. The highest BCUT2D eigenvalue weighted by atomic mass is 32.2. The molecule has 33 heavy (non-hydrogen) atoms. The number of anilines is 1. The summed E-state index contributed by atoms with van der Waals surface area (Å²) in [7, 11) is 0. The van der Waals surface area contributed by atoms with Crippen LogP contribution in [0.3, 0.4) is 0 Å². The van der Waals surface area contributed by atoms with E-state index in [2.05, 4.69) is 19.3 Å². The first-order valence-corrected chi connectivity index (χ1v) is 11.6. The fourth-order valence-electron chi connectivity index (χ4n) is 3.63. The molecule has 1 saturated heterocycles. The zero-order valence-electron chi connectivity index (χ0n) is 18.4. The lowest BCUT2D eigenvalue weighted by molar-refractivity contribution is -0.274. The summed E-state index contributed by atoms with van der Waals surface area (Å²) in [5.41, 5.74) is 1.81. The number of hydrogen-bond donors (Lipinski definition) is 1. The highest BCUT2D eigenvalue weighted by Gasteiger charge is 2.31. The van der Waals surface area contributed by atoms with E-state index in [9.17, 15) is 22.4 Å².